The summed E-state index contributed by atoms with van der Waals surface area (Å²) in [7, 11) is 0. The lowest BCUT2D eigenvalue weighted by Crippen LogP contribution is -2.60. The van der Waals surface area contributed by atoms with Gasteiger partial charge in [-0.3, -0.25) is 19.2 Å². The molecule has 36 heavy (non-hydrogen) atoms. The number of carbonyl (C=O) groups is 4. The van der Waals surface area contributed by atoms with Gasteiger partial charge in [0.1, 0.15) is 24.0 Å². The van der Waals surface area contributed by atoms with E-state index in [0.29, 0.717) is 39.0 Å². The van der Waals surface area contributed by atoms with Crippen LogP contribution in [0.1, 0.15) is 85.5 Å². The van der Waals surface area contributed by atoms with E-state index in [2.05, 4.69) is 6.92 Å². The predicted octanol–water partition coefficient (Wildman–Crippen LogP) is 5.53. The number of ether oxygens (including phenoxy) is 1. The summed E-state index contributed by atoms with van der Waals surface area (Å²) in [5, 5.41) is 0. The fourth-order valence-corrected chi connectivity index (χ4v) is 8.32. The van der Waals surface area contributed by atoms with E-state index in [4.69, 9.17) is 4.74 Å². The maximum Gasteiger partial charge on any atom is 0.305 e. The molecule has 0 N–H and O–H groups in total. The molecule has 202 valence electrons. The van der Waals surface area contributed by atoms with Crippen molar-refractivity contribution in [1.82, 2.24) is 0 Å². The Labute approximate surface area is 211 Å². The molecule has 4 fully saturated rings. The highest BCUT2D eigenvalue weighted by molar-refractivity contribution is 5.93. The zero-order chi connectivity index (χ0) is 26.6. The van der Waals surface area contributed by atoms with Crippen molar-refractivity contribution in [3.63, 3.8) is 0 Å². The lowest BCUT2D eigenvalue weighted by Gasteiger charge is -2.58. The molecule has 9 atom stereocenters. The predicted molar refractivity (Wildman–Crippen MR) is 126 cm³/mol. The number of alkyl halides is 3. The molecule has 0 amide bonds. The van der Waals surface area contributed by atoms with Crippen LogP contribution in [0.2, 0.25) is 0 Å². The number of ketones is 3. The van der Waals surface area contributed by atoms with Gasteiger partial charge in [0.05, 0.1) is 0 Å². The van der Waals surface area contributed by atoms with Gasteiger partial charge in [0.2, 0.25) is 0 Å². The third kappa shape index (κ3) is 4.55. The summed E-state index contributed by atoms with van der Waals surface area (Å²) in [5.74, 6) is -3.90. The topological polar surface area (TPSA) is 77.5 Å². The van der Waals surface area contributed by atoms with Crippen molar-refractivity contribution in [3.05, 3.63) is 0 Å². The SMILES string of the molecule is C[C@H](CCC(=O)OCC(F)C(C)(F)F)[C@H]1CC[C@H]2[C@@H]3C(=O)C[C@@H]4CC(=O)CC[C@]4(C)[C@H]3CC(=O)[C@]12C. The highest BCUT2D eigenvalue weighted by Gasteiger charge is 2.66. The molecule has 1 unspecified atom stereocenters. The van der Waals surface area contributed by atoms with E-state index in [1.54, 1.807) is 0 Å². The van der Waals surface area contributed by atoms with Crippen molar-refractivity contribution in [2.45, 2.75) is 97.6 Å². The normalized spacial score (nSPS) is 40.2. The standard InChI is InChI=1S/C28H39F3O5/c1-15(5-8-24(35)36-14-22(29)28(4,30)31)18-6-7-19-25-20(13-23(34)27(18,19)3)26(2)10-9-17(32)11-16(26)12-21(25)33/h15-16,18-20,22,25H,5-14H2,1-4H3/t15-,16+,18-,19+,20+,22?,25+,26+,27-/m1/s1. The minimum atomic E-state index is -3.57. The van der Waals surface area contributed by atoms with E-state index in [1.807, 2.05) is 13.8 Å². The second kappa shape index (κ2) is 9.54. The quantitative estimate of drug-likeness (QED) is 0.420. The Kier molecular flexibility index (Phi) is 7.24. The Balaban J connectivity index is 1.43. The molecule has 5 nitrogen and oxygen atoms in total. The van der Waals surface area contributed by atoms with Crippen LogP contribution in [0.4, 0.5) is 13.2 Å². The molecule has 0 bridgehead atoms. The number of esters is 1. The summed E-state index contributed by atoms with van der Waals surface area (Å²) in [6, 6.07) is 0. The number of Topliss-reactive ketones (excluding diaryl/α,β-unsaturated/α-hetero) is 3. The summed E-state index contributed by atoms with van der Waals surface area (Å²) >= 11 is 0. The molecule has 0 aromatic rings. The average molecular weight is 513 g/mol. The summed E-state index contributed by atoms with van der Waals surface area (Å²) in [4.78, 5) is 51.4. The van der Waals surface area contributed by atoms with Gasteiger partial charge < -0.3 is 4.74 Å². The van der Waals surface area contributed by atoms with Gasteiger partial charge in [0, 0.05) is 50.4 Å². The first-order valence-corrected chi connectivity index (χ1v) is 13.4. The third-order valence-electron chi connectivity index (χ3n) is 10.6. The van der Waals surface area contributed by atoms with Crippen LogP contribution in [0.25, 0.3) is 0 Å². The highest BCUT2D eigenvalue weighted by Crippen LogP contribution is 2.66. The Bertz CT molecular complexity index is 929. The third-order valence-corrected chi connectivity index (χ3v) is 10.6. The summed E-state index contributed by atoms with van der Waals surface area (Å²) in [5.41, 5.74) is -0.817. The van der Waals surface area contributed by atoms with Crippen LogP contribution in [0, 0.1) is 46.3 Å². The molecule has 0 aromatic heterocycles. The van der Waals surface area contributed by atoms with Gasteiger partial charge in [-0.25, -0.2) is 13.2 Å². The summed E-state index contributed by atoms with van der Waals surface area (Å²) in [6.45, 7) is 5.62. The van der Waals surface area contributed by atoms with Crippen molar-refractivity contribution < 1.29 is 37.1 Å². The molecule has 4 rings (SSSR count). The minimum absolute atomic E-state index is 0.00362. The molecule has 0 heterocycles. The molecule has 0 aromatic carbocycles. The lowest BCUT2D eigenvalue weighted by molar-refractivity contribution is -0.166. The van der Waals surface area contributed by atoms with Crippen LogP contribution >= 0.6 is 0 Å². The first-order valence-electron chi connectivity index (χ1n) is 13.4. The largest absolute Gasteiger partial charge is 0.462 e. The Hall–Kier alpha value is -1.73. The van der Waals surface area contributed by atoms with E-state index in [9.17, 15) is 32.3 Å². The molecule has 8 heteroatoms. The van der Waals surface area contributed by atoms with E-state index >= 15 is 0 Å². The molecule has 0 saturated heterocycles. The molecular weight excluding hydrogens is 473 g/mol. The fourth-order valence-electron chi connectivity index (χ4n) is 8.32. The van der Waals surface area contributed by atoms with Crippen LogP contribution in [-0.4, -0.2) is 42.0 Å². The van der Waals surface area contributed by atoms with Crippen molar-refractivity contribution in [2.75, 3.05) is 6.61 Å². The van der Waals surface area contributed by atoms with Crippen molar-refractivity contribution in [1.29, 1.82) is 0 Å². The second-order valence-electron chi connectivity index (χ2n) is 12.6. The van der Waals surface area contributed by atoms with E-state index in [1.165, 1.54) is 0 Å². The van der Waals surface area contributed by atoms with Gasteiger partial charge in [-0.2, -0.15) is 0 Å². The van der Waals surface area contributed by atoms with Crippen molar-refractivity contribution in [3.8, 4) is 0 Å². The van der Waals surface area contributed by atoms with Crippen LogP contribution in [0.3, 0.4) is 0 Å². The van der Waals surface area contributed by atoms with Crippen molar-refractivity contribution in [2.24, 2.45) is 46.3 Å². The number of rotatable bonds is 7. The van der Waals surface area contributed by atoms with Gasteiger partial charge in [-0.05, 0) is 60.7 Å². The maximum absolute atomic E-state index is 13.8. The molecule has 0 radical (unpaired) electrons. The lowest BCUT2D eigenvalue weighted by atomic mass is 9.44. The molecule has 0 spiro atoms. The van der Waals surface area contributed by atoms with Crippen molar-refractivity contribution >= 4 is 23.3 Å². The number of carbonyl (C=O) groups excluding carboxylic acids is 4. The number of hydrogen-bond donors (Lipinski definition) is 0. The minimum Gasteiger partial charge on any atom is -0.462 e. The Morgan fingerprint density at radius 3 is 2.47 bits per heavy atom. The molecular formula is C28H39F3O5. The zero-order valence-electron chi connectivity index (χ0n) is 21.8. The van der Waals surface area contributed by atoms with Crippen LogP contribution in [-0.2, 0) is 23.9 Å². The monoisotopic (exact) mass is 512 g/mol. The smallest absolute Gasteiger partial charge is 0.305 e. The summed E-state index contributed by atoms with van der Waals surface area (Å²) < 4.78 is 44.0. The molecule has 4 aliphatic carbocycles. The molecule has 4 saturated carbocycles. The number of fused-ring (bicyclic) bond motifs is 5. The van der Waals surface area contributed by atoms with E-state index in [0.717, 1.165) is 19.3 Å². The van der Waals surface area contributed by atoms with Gasteiger partial charge in [0.25, 0.3) is 5.92 Å². The van der Waals surface area contributed by atoms with E-state index in [-0.39, 0.29) is 64.7 Å². The number of halogens is 3. The maximum atomic E-state index is 13.8. The summed E-state index contributed by atoms with van der Waals surface area (Å²) in [6.07, 6.45) is 1.88. The molecule has 0 aliphatic heterocycles. The van der Waals surface area contributed by atoms with Gasteiger partial charge in [-0.1, -0.05) is 20.8 Å². The first kappa shape index (κ1) is 27.3. The molecule has 4 aliphatic rings. The fraction of sp³-hybridized carbons (Fsp3) is 0.857. The Morgan fingerprint density at radius 2 is 1.81 bits per heavy atom. The Morgan fingerprint density at radius 1 is 1.11 bits per heavy atom. The first-order chi connectivity index (χ1) is 16.7. The van der Waals surface area contributed by atoms with Gasteiger partial charge in [0.15, 0.2) is 6.17 Å². The number of hydrogen-bond acceptors (Lipinski definition) is 5. The second-order valence-corrected chi connectivity index (χ2v) is 12.6. The van der Waals surface area contributed by atoms with Crippen LogP contribution in [0.5, 0.6) is 0 Å². The van der Waals surface area contributed by atoms with Crippen LogP contribution < -0.4 is 0 Å². The zero-order valence-corrected chi connectivity index (χ0v) is 21.8. The van der Waals surface area contributed by atoms with Crippen LogP contribution in [0.15, 0.2) is 0 Å². The van der Waals surface area contributed by atoms with Gasteiger partial charge >= 0.3 is 5.97 Å². The average Bonchev–Trinajstić information content (AvgIpc) is 3.15. The van der Waals surface area contributed by atoms with E-state index < -0.39 is 30.1 Å². The highest BCUT2D eigenvalue weighted by atomic mass is 19.3. The van der Waals surface area contributed by atoms with Gasteiger partial charge in [-0.15, -0.1) is 0 Å².